The van der Waals surface area contributed by atoms with Gasteiger partial charge in [-0.25, -0.2) is 0 Å². The van der Waals surface area contributed by atoms with Crippen LogP contribution >= 0.6 is 11.8 Å². The number of hydrogen-bond acceptors (Lipinski definition) is 2. The van der Waals surface area contributed by atoms with Gasteiger partial charge in [0.2, 0.25) is 0 Å². The van der Waals surface area contributed by atoms with Crippen LogP contribution in [0.2, 0.25) is 0 Å². The van der Waals surface area contributed by atoms with Crippen molar-refractivity contribution < 1.29 is 23.1 Å². The van der Waals surface area contributed by atoms with Crippen LogP contribution in [0, 0.1) is 0 Å². The van der Waals surface area contributed by atoms with Crippen LogP contribution in [0.3, 0.4) is 0 Å². The zero-order valence-electron chi connectivity index (χ0n) is 8.51. The van der Waals surface area contributed by atoms with Crippen molar-refractivity contribution in [3.05, 3.63) is 0 Å². The highest BCUT2D eigenvalue weighted by atomic mass is 32.2. The van der Waals surface area contributed by atoms with Gasteiger partial charge in [0.15, 0.2) is 0 Å². The Labute approximate surface area is 91.2 Å². The Bertz CT molecular complexity index is 194. The van der Waals surface area contributed by atoms with E-state index >= 15 is 0 Å². The smallest absolute Gasteiger partial charge is 0.401 e. The second-order valence-electron chi connectivity index (χ2n) is 3.21. The van der Waals surface area contributed by atoms with Gasteiger partial charge in [0, 0.05) is 0 Å². The fourth-order valence-corrected chi connectivity index (χ4v) is 2.11. The standard InChI is InChI=1S/C9H15F3O2S/c1-2-3-4-5-15-7(6-8(13)14)9(10,11)12/h7H,2-6H2,1H3,(H,13,14). The summed E-state index contributed by atoms with van der Waals surface area (Å²) in [6, 6.07) is 0. The van der Waals surface area contributed by atoms with E-state index in [1.165, 1.54) is 0 Å². The third-order valence-electron chi connectivity index (χ3n) is 1.79. The minimum Gasteiger partial charge on any atom is -0.481 e. The Morgan fingerprint density at radius 2 is 2.00 bits per heavy atom. The maximum Gasteiger partial charge on any atom is 0.401 e. The van der Waals surface area contributed by atoms with Gasteiger partial charge in [-0.15, -0.1) is 11.8 Å². The van der Waals surface area contributed by atoms with Gasteiger partial charge in [0.1, 0.15) is 5.25 Å². The number of carboxylic acids is 1. The van der Waals surface area contributed by atoms with E-state index in [9.17, 15) is 18.0 Å². The van der Waals surface area contributed by atoms with Gasteiger partial charge >= 0.3 is 12.1 Å². The molecule has 15 heavy (non-hydrogen) atoms. The Kier molecular flexibility index (Phi) is 6.80. The van der Waals surface area contributed by atoms with E-state index in [1.54, 1.807) is 0 Å². The highest BCUT2D eigenvalue weighted by Crippen LogP contribution is 2.33. The Morgan fingerprint density at radius 3 is 2.40 bits per heavy atom. The number of carbonyl (C=O) groups is 1. The van der Waals surface area contributed by atoms with E-state index in [0.29, 0.717) is 23.9 Å². The molecule has 90 valence electrons. The lowest BCUT2D eigenvalue weighted by Crippen LogP contribution is -2.28. The number of hydrogen-bond donors (Lipinski definition) is 1. The molecule has 6 heteroatoms. The van der Waals surface area contributed by atoms with Gasteiger partial charge in [-0.3, -0.25) is 4.79 Å². The van der Waals surface area contributed by atoms with Crippen LogP contribution < -0.4 is 0 Å². The predicted octanol–water partition coefficient (Wildman–Crippen LogP) is 3.32. The molecule has 1 atom stereocenters. The molecule has 1 unspecified atom stereocenters. The minimum atomic E-state index is -4.42. The highest BCUT2D eigenvalue weighted by Gasteiger charge is 2.41. The summed E-state index contributed by atoms with van der Waals surface area (Å²) in [5.74, 6) is -1.04. The first-order valence-electron chi connectivity index (χ1n) is 4.78. The lowest BCUT2D eigenvalue weighted by molar-refractivity contribution is -0.149. The average Bonchev–Trinajstić information content (AvgIpc) is 2.08. The summed E-state index contributed by atoms with van der Waals surface area (Å²) in [5.41, 5.74) is 0. The molecule has 0 spiro atoms. The molecule has 0 fully saturated rings. The molecule has 0 aliphatic carbocycles. The quantitative estimate of drug-likeness (QED) is 0.698. The van der Waals surface area contributed by atoms with E-state index in [2.05, 4.69) is 0 Å². The van der Waals surface area contributed by atoms with Crippen LogP contribution in [-0.4, -0.2) is 28.3 Å². The van der Waals surface area contributed by atoms with Crippen molar-refractivity contribution in [3.63, 3.8) is 0 Å². The van der Waals surface area contributed by atoms with Gasteiger partial charge in [-0.2, -0.15) is 13.2 Å². The van der Waals surface area contributed by atoms with Crippen LogP contribution in [0.5, 0.6) is 0 Å². The second kappa shape index (κ2) is 6.98. The first kappa shape index (κ1) is 14.6. The van der Waals surface area contributed by atoms with Crippen LogP contribution in [0.15, 0.2) is 0 Å². The third-order valence-corrected chi connectivity index (χ3v) is 3.15. The van der Waals surface area contributed by atoms with Gasteiger partial charge in [0.25, 0.3) is 0 Å². The maximum atomic E-state index is 12.3. The van der Waals surface area contributed by atoms with Crippen molar-refractivity contribution in [3.8, 4) is 0 Å². The lowest BCUT2D eigenvalue weighted by Gasteiger charge is -2.17. The summed E-state index contributed by atoms with van der Waals surface area (Å²) in [5, 5.41) is 6.57. The van der Waals surface area contributed by atoms with E-state index < -0.39 is 23.8 Å². The zero-order valence-corrected chi connectivity index (χ0v) is 9.33. The molecule has 0 aromatic carbocycles. The van der Waals surface area contributed by atoms with Crippen molar-refractivity contribution in [2.24, 2.45) is 0 Å². The largest absolute Gasteiger partial charge is 0.481 e. The van der Waals surface area contributed by atoms with Crippen molar-refractivity contribution in [2.45, 2.75) is 44.0 Å². The molecule has 0 radical (unpaired) electrons. The van der Waals surface area contributed by atoms with E-state index in [-0.39, 0.29) is 0 Å². The molecule has 0 aromatic rings. The first-order chi connectivity index (χ1) is 6.88. The molecular weight excluding hydrogens is 229 g/mol. The lowest BCUT2D eigenvalue weighted by atomic mass is 10.3. The van der Waals surface area contributed by atoms with Crippen LogP contribution in [0.4, 0.5) is 13.2 Å². The highest BCUT2D eigenvalue weighted by molar-refractivity contribution is 8.00. The molecule has 0 heterocycles. The summed E-state index contributed by atoms with van der Waals surface area (Å²) in [4.78, 5) is 10.2. The number of carboxylic acid groups (broad SMARTS) is 1. The van der Waals surface area contributed by atoms with E-state index in [4.69, 9.17) is 5.11 Å². The third kappa shape index (κ3) is 7.53. The van der Waals surface area contributed by atoms with E-state index in [0.717, 1.165) is 12.8 Å². The van der Waals surface area contributed by atoms with E-state index in [1.807, 2.05) is 6.92 Å². The van der Waals surface area contributed by atoms with Crippen LogP contribution in [-0.2, 0) is 4.79 Å². The van der Waals surface area contributed by atoms with Gasteiger partial charge in [-0.05, 0) is 12.2 Å². The molecule has 0 aromatic heterocycles. The van der Waals surface area contributed by atoms with Crippen LogP contribution in [0.25, 0.3) is 0 Å². The van der Waals surface area contributed by atoms with Gasteiger partial charge < -0.3 is 5.11 Å². The summed E-state index contributed by atoms with van der Waals surface area (Å²) >= 11 is 0.691. The van der Waals surface area contributed by atoms with Gasteiger partial charge in [-0.1, -0.05) is 19.8 Å². The molecule has 0 bridgehead atoms. The number of rotatable bonds is 7. The molecule has 2 nitrogen and oxygen atoms in total. The fourth-order valence-electron chi connectivity index (χ4n) is 1.01. The SMILES string of the molecule is CCCCCSC(CC(=O)O)C(F)(F)F. The molecular formula is C9H15F3O2S. The van der Waals surface area contributed by atoms with Crippen molar-refractivity contribution in [2.75, 3.05) is 5.75 Å². The molecule has 0 saturated heterocycles. The molecule has 0 aliphatic heterocycles. The Hall–Kier alpha value is -0.390. The summed E-state index contributed by atoms with van der Waals surface area (Å²) < 4.78 is 36.9. The number of thioether (sulfide) groups is 1. The zero-order chi connectivity index (χ0) is 11.9. The van der Waals surface area contributed by atoms with Crippen molar-refractivity contribution in [1.29, 1.82) is 0 Å². The normalized spacial score (nSPS) is 13.9. The molecule has 1 N–H and O–H groups in total. The maximum absolute atomic E-state index is 12.3. The number of alkyl halides is 3. The first-order valence-corrected chi connectivity index (χ1v) is 5.83. The Balaban J connectivity index is 3.97. The van der Waals surface area contributed by atoms with Crippen LogP contribution in [0.1, 0.15) is 32.6 Å². The topological polar surface area (TPSA) is 37.3 Å². The molecule has 0 rings (SSSR count). The summed E-state index contributed by atoms with van der Waals surface area (Å²) in [6.07, 6.45) is -2.75. The molecule has 0 aliphatic rings. The minimum absolute atomic E-state index is 0.366. The summed E-state index contributed by atoms with van der Waals surface area (Å²) in [7, 11) is 0. The predicted molar refractivity (Wildman–Crippen MR) is 54.1 cm³/mol. The fraction of sp³-hybridized carbons (Fsp3) is 0.889. The van der Waals surface area contributed by atoms with Crippen molar-refractivity contribution in [1.82, 2.24) is 0 Å². The number of unbranched alkanes of at least 4 members (excludes halogenated alkanes) is 2. The van der Waals surface area contributed by atoms with Gasteiger partial charge in [0.05, 0.1) is 6.42 Å². The second-order valence-corrected chi connectivity index (χ2v) is 4.52. The number of aliphatic carboxylic acids is 1. The average molecular weight is 244 g/mol. The monoisotopic (exact) mass is 244 g/mol. The summed E-state index contributed by atoms with van der Waals surface area (Å²) in [6.45, 7) is 1.96. The number of halogens is 3. The van der Waals surface area contributed by atoms with Crippen molar-refractivity contribution >= 4 is 17.7 Å². The Morgan fingerprint density at radius 1 is 1.40 bits per heavy atom. The molecule has 0 saturated carbocycles. The molecule has 0 amide bonds.